The van der Waals surface area contributed by atoms with Crippen molar-refractivity contribution >= 4 is 5.91 Å². The lowest BCUT2D eigenvalue weighted by molar-refractivity contribution is -0.129. The van der Waals surface area contributed by atoms with E-state index in [2.05, 4.69) is 18.7 Å². The van der Waals surface area contributed by atoms with Gasteiger partial charge in [-0.1, -0.05) is 20.8 Å². The lowest BCUT2D eigenvalue weighted by Crippen LogP contribution is -2.46. The second-order valence-corrected chi connectivity index (χ2v) is 5.12. The van der Waals surface area contributed by atoms with Gasteiger partial charge >= 0.3 is 0 Å². The van der Waals surface area contributed by atoms with Crippen LogP contribution < -0.4 is 5.73 Å². The van der Waals surface area contributed by atoms with E-state index in [-0.39, 0.29) is 11.3 Å². The van der Waals surface area contributed by atoms with E-state index in [1.165, 1.54) is 0 Å². The van der Waals surface area contributed by atoms with E-state index >= 15 is 0 Å². The molecule has 0 aromatic carbocycles. The third-order valence-electron chi connectivity index (χ3n) is 3.18. The van der Waals surface area contributed by atoms with Crippen LogP contribution in [-0.4, -0.2) is 30.4 Å². The molecule has 1 aliphatic heterocycles. The van der Waals surface area contributed by atoms with Gasteiger partial charge in [0.2, 0.25) is 5.91 Å². The standard InChI is InChI=1S/C11H22N2O/c1-9(2)8-13-6-4-11(3,5-7-13)10(12)14/h9H,4-8H2,1-3H3,(H2,12,14). The molecule has 0 aromatic rings. The Kier molecular flexibility index (Phi) is 3.53. The zero-order chi connectivity index (χ0) is 10.8. The zero-order valence-corrected chi connectivity index (χ0v) is 9.55. The highest BCUT2D eigenvalue weighted by Gasteiger charge is 2.34. The molecule has 1 amide bonds. The van der Waals surface area contributed by atoms with Crippen LogP contribution in [0, 0.1) is 11.3 Å². The normalized spacial score (nSPS) is 22.6. The minimum Gasteiger partial charge on any atom is -0.369 e. The summed E-state index contributed by atoms with van der Waals surface area (Å²) in [5.74, 6) is 0.564. The SMILES string of the molecule is CC(C)CN1CCC(C)(C(N)=O)CC1. The highest BCUT2D eigenvalue weighted by atomic mass is 16.1. The van der Waals surface area contributed by atoms with Gasteiger partial charge in [-0.15, -0.1) is 0 Å². The number of amides is 1. The third kappa shape index (κ3) is 2.71. The predicted octanol–water partition coefficient (Wildman–Crippen LogP) is 1.23. The van der Waals surface area contributed by atoms with E-state index < -0.39 is 0 Å². The number of nitrogens with zero attached hydrogens (tertiary/aromatic N) is 1. The van der Waals surface area contributed by atoms with Crippen molar-refractivity contribution in [3.63, 3.8) is 0 Å². The molecule has 1 fully saturated rings. The Bertz CT molecular complexity index is 205. The van der Waals surface area contributed by atoms with Crippen LogP contribution in [0.3, 0.4) is 0 Å². The fourth-order valence-electron chi connectivity index (χ4n) is 1.99. The summed E-state index contributed by atoms with van der Waals surface area (Å²) in [6, 6.07) is 0. The number of nitrogens with two attached hydrogens (primary N) is 1. The zero-order valence-electron chi connectivity index (χ0n) is 9.55. The van der Waals surface area contributed by atoms with Crippen LogP contribution in [0.2, 0.25) is 0 Å². The van der Waals surface area contributed by atoms with Crippen molar-refractivity contribution in [3.05, 3.63) is 0 Å². The van der Waals surface area contributed by atoms with Crippen molar-refractivity contribution in [3.8, 4) is 0 Å². The van der Waals surface area contributed by atoms with Gasteiger partial charge in [0.1, 0.15) is 0 Å². The average Bonchev–Trinajstić information content (AvgIpc) is 2.08. The Labute approximate surface area is 86.6 Å². The van der Waals surface area contributed by atoms with Crippen LogP contribution >= 0.6 is 0 Å². The fourth-order valence-corrected chi connectivity index (χ4v) is 1.99. The topological polar surface area (TPSA) is 46.3 Å². The van der Waals surface area contributed by atoms with Gasteiger partial charge in [-0.3, -0.25) is 4.79 Å². The highest BCUT2D eigenvalue weighted by Crippen LogP contribution is 2.30. The Hall–Kier alpha value is -0.570. The minimum atomic E-state index is -0.256. The summed E-state index contributed by atoms with van der Waals surface area (Å²) >= 11 is 0. The summed E-state index contributed by atoms with van der Waals surface area (Å²) in [6.45, 7) is 9.59. The molecule has 0 aliphatic carbocycles. The summed E-state index contributed by atoms with van der Waals surface area (Å²) in [6.07, 6.45) is 1.82. The van der Waals surface area contributed by atoms with Crippen LogP contribution in [-0.2, 0) is 4.79 Å². The molecule has 0 spiro atoms. The Morgan fingerprint density at radius 3 is 2.29 bits per heavy atom. The first-order valence-electron chi connectivity index (χ1n) is 5.46. The van der Waals surface area contributed by atoms with Crippen molar-refractivity contribution < 1.29 is 4.79 Å². The Morgan fingerprint density at radius 1 is 1.43 bits per heavy atom. The maximum atomic E-state index is 11.2. The molecule has 0 radical (unpaired) electrons. The van der Waals surface area contributed by atoms with Gasteiger partial charge in [0, 0.05) is 12.0 Å². The van der Waals surface area contributed by atoms with E-state index in [0.717, 1.165) is 32.5 Å². The van der Waals surface area contributed by atoms with Crippen LogP contribution in [0.5, 0.6) is 0 Å². The largest absolute Gasteiger partial charge is 0.369 e. The van der Waals surface area contributed by atoms with E-state index in [9.17, 15) is 4.79 Å². The fraction of sp³-hybridized carbons (Fsp3) is 0.909. The number of primary amides is 1. The third-order valence-corrected chi connectivity index (χ3v) is 3.18. The molecular formula is C11H22N2O. The molecule has 1 rings (SSSR count). The summed E-state index contributed by atoms with van der Waals surface area (Å²) in [7, 11) is 0. The van der Waals surface area contributed by atoms with E-state index in [4.69, 9.17) is 5.73 Å². The first-order valence-corrected chi connectivity index (χ1v) is 5.46. The molecule has 1 saturated heterocycles. The maximum absolute atomic E-state index is 11.2. The van der Waals surface area contributed by atoms with Crippen LogP contribution in [0.4, 0.5) is 0 Å². The van der Waals surface area contributed by atoms with Gasteiger partial charge in [0.25, 0.3) is 0 Å². The van der Waals surface area contributed by atoms with Crippen molar-refractivity contribution in [2.45, 2.75) is 33.6 Å². The second kappa shape index (κ2) is 4.30. The first kappa shape index (κ1) is 11.5. The van der Waals surface area contributed by atoms with E-state index in [1.807, 2.05) is 6.92 Å². The molecule has 0 atom stereocenters. The van der Waals surface area contributed by atoms with E-state index in [1.54, 1.807) is 0 Å². The number of carbonyl (C=O) groups is 1. The van der Waals surface area contributed by atoms with Gasteiger partial charge in [0.05, 0.1) is 0 Å². The molecule has 3 heteroatoms. The lowest BCUT2D eigenvalue weighted by atomic mass is 9.79. The molecule has 14 heavy (non-hydrogen) atoms. The van der Waals surface area contributed by atoms with Crippen LogP contribution in [0.15, 0.2) is 0 Å². The predicted molar refractivity (Wildman–Crippen MR) is 57.8 cm³/mol. The first-order chi connectivity index (χ1) is 6.44. The monoisotopic (exact) mass is 198 g/mol. The number of rotatable bonds is 3. The van der Waals surface area contributed by atoms with Crippen LogP contribution in [0.25, 0.3) is 0 Å². The number of likely N-dealkylation sites (tertiary alicyclic amines) is 1. The second-order valence-electron chi connectivity index (χ2n) is 5.12. The molecular weight excluding hydrogens is 176 g/mol. The molecule has 0 bridgehead atoms. The molecule has 3 nitrogen and oxygen atoms in total. The smallest absolute Gasteiger partial charge is 0.223 e. The van der Waals surface area contributed by atoms with E-state index in [0.29, 0.717) is 5.92 Å². The van der Waals surface area contributed by atoms with Crippen molar-refractivity contribution in [2.75, 3.05) is 19.6 Å². The average molecular weight is 198 g/mol. The van der Waals surface area contributed by atoms with Gasteiger partial charge in [-0.25, -0.2) is 0 Å². The summed E-state index contributed by atoms with van der Waals surface area (Å²) in [5, 5.41) is 0. The number of carbonyl (C=O) groups excluding carboxylic acids is 1. The highest BCUT2D eigenvalue weighted by molar-refractivity contribution is 5.80. The molecule has 0 unspecified atom stereocenters. The van der Waals surface area contributed by atoms with Crippen molar-refractivity contribution in [2.24, 2.45) is 17.1 Å². The van der Waals surface area contributed by atoms with Crippen molar-refractivity contribution in [1.29, 1.82) is 0 Å². The number of piperidine rings is 1. The molecule has 0 aromatic heterocycles. The summed E-state index contributed by atoms with van der Waals surface area (Å²) in [4.78, 5) is 13.6. The van der Waals surface area contributed by atoms with Gasteiger partial charge in [0.15, 0.2) is 0 Å². The molecule has 1 aliphatic rings. The number of hydrogen-bond donors (Lipinski definition) is 1. The quantitative estimate of drug-likeness (QED) is 0.741. The Morgan fingerprint density at radius 2 is 1.93 bits per heavy atom. The molecule has 0 saturated carbocycles. The molecule has 1 heterocycles. The summed E-state index contributed by atoms with van der Waals surface area (Å²) < 4.78 is 0. The van der Waals surface area contributed by atoms with Crippen molar-refractivity contribution in [1.82, 2.24) is 4.90 Å². The molecule has 82 valence electrons. The minimum absolute atomic E-state index is 0.137. The van der Waals surface area contributed by atoms with Gasteiger partial charge in [-0.2, -0.15) is 0 Å². The molecule has 2 N–H and O–H groups in total. The van der Waals surface area contributed by atoms with Gasteiger partial charge < -0.3 is 10.6 Å². The van der Waals surface area contributed by atoms with Gasteiger partial charge in [-0.05, 0) is 31.8 Å². The van der Waals surface area contributed by atoms with Crippen LogP contribution in [0.1, 0.15) is 33.6 Å². The maximum Gasteiger partial charge on any atom is 0.223 e. The lowest BCUT2D eigenvalue weighted by Gasteiger charge is -2.37. The Balaban J connectivity index is 2.42. The summed E-state index contributed by atoms with van der Waals surface area (Å²) in [5.41, 5.74) is 5.13. The number of hydrogen-bond acceptors (Lipinski definition) is 2.